The molecule has 3 N–H and O–H groups in total. The first-order chi connectivity index (χ1) is 7.24. The summed E-state index contributed by atoms with van der Waals surface area (Å²) in [4.78, 5) is 11.7. The van der Waals surface area contributed by atoms with Gasteiger partial charge in [0.1, 0.15) is 0 Å². The fourth-order valence-electron chi connectivity index (χ4n) is 1.55. The van der Waals surface area contributed by atoms with E-state index in [1.165, 1.54) is 0 Å². The van der Waals surface area contributed by atoms with Crippen molar-refractivity contribution in [2.75, 3.05) is 24.7 Å². The highest BCUT2D eigenvalue weighted by Crippen LogP contribution is 2.08. The molecular weight excluding hydrogens is 212 g/mol. The van der Waals surface area contributed by atoms with E-state index in [-0.39, 0.29) is 24.6 Å². The third kappa shape index (κ3) is 4.86. The van der Waals surface area contributed by atoms with Crippen LogP contribution >= 0.6 is 11.8 Å². The summed E-state index contributed by atoms with van der Waals surface area (Å²) in [7, 11) is 0. The Morgan fingerprint density at radius 1 is 1.73 bits per heavy atom. The zero-order valence-electron chi connectivity index (χ0n) is 9.16. The molecule has 0 aromatic carbocycles. The maximum atomic E-state index is 11.7. The van der Waals surface area contributed by atoms with E-state index in [1.807, 2.05) is 18.7 Å². The van der Waals surface area contributed by atoms with Crippen LogP contribution in [0.5, 0.6) is 0 Å². The number of amides is 1. The van der Waals surface area contributed by atoms with E-state index < -0.39 is 0 Å². The molecule has 0 bridgehead atoms. The van der Waals surface area contributed by atoms with Gasteiger partial charge < -0.3 is 15.7 Å². The minimum atomic E-state index is -0.0414. The van der Waals surface area contributed by atoms with Gasteiger partial charge in [-0.2, -0.15) is 11.8 Å². The summed E-state index contributed by atoms with van der Waals surface area (Å²) in [6, 6.07) is 0.110. The summed E-state index contributed by atoms with van der Waals surface area (Å²) < 4.78 is 0. The topological polar surface area (TPSA) is 61.4 Å². The summed E-state index contributed by atoms with van der Waals surface area (Å²) in [6.45, 7) is 3.08. The van der Waals surface area contributed by atoms with Crippen LogP contribution in [0.15, 0.2) is 0 Å². The molecule has 15 heavy (non-hydrogen) atoms. The second kappa shape index (κ2) is 7.09. The number of carbonyl (C=O) groups excluding carboxylic acids is 1. The van der Waals surface area contributed by atoms with Gasteiger partial charge in [-0.25, -0.2) is 0 Å². The molecule has 1 rings (SSSR count). The zero-order chi connectivity index (χ0) is 11.1. The van der Waals surface area contributed by atoms with Crippen molar-refractivity contribution >= 4 is 17.7 Å². The van der Waals surface area contributed by atoms with Gasteiger partial charge in [0.05, 0.1) is 6.04 Å². The van der Waals surface area contributed by atoms with Gasteiger partial charge in [0, 0.05) is 30.7 Å². The Kier molecular flexibility index (Phi) is 6.05. The Morgan fingerprint density at radius 2 is 2.53 bits per heavy atom. The Hall–Kier alpha value is -0.260. The van der Waals surface area contributed by atoms with Crippen molar-refractivity contribution < 1.29 is 9.90 Å². The van der Waals surface area contributed by atoms with Crippen LogP contribution in [0.4, 0.5) is 0 Å². The second-order valence-corrected chi connectivity index (χ2v) is 5.01. The van der Waals surface area contributed by atoms with Crippen molar-refractivity contribution in [3.8, 4) is 0 Å². The number of hydrogen-bond acceptors (Lipinski definition) is 4. The quantitative estimate of drug-likeness (QED) is 0.623. The second-order valence-electron chi connectivity index (χ2n) is 3.86. The number of aliphatic hydroxyl groups excluding tert-OH is 1. The molecule has 0 aromatic heterocycles. The molecule has 1 aliphatic heterocycles. The molecule has 0 saturated carbocycles. The largest absolute Gasteiger partial charge is 0.396 e. The van der Waals surface area contributed by atoms with Crippen molar-refractivity contribution in [1.29, 1.82) is 0 Å². The Bertz CT molecular complexity index is 196. The molecule has 2 atom stereocenters. The molecule has 1 amide bonds. The van der Waals surface area contributed by atoms with Crippen LogP contribution in [0.3, 0.4) is 0 Å². The smallest absolute Gasteiger partial charge is 0.238 e. The van der Waals surface area contributed by atoms with Crippen molar-refractivity contribution in [3.05, 3.63) is 0 Å². The van der Waals surface area contributed by atoms with Crippen LogP contribution in [0.25, 0.3) is 0 Å². The highest BCUT2D eigenvalue weighted by Gasteiger charge is 2.21. The van der Waals surface area contributed by atoms with Crippen LogP contribution in [-0.4, -0.2) is 47.8 Å². The van der Waals surface area contributed by atoms with E-state index in [4.69, 9.17) is 5.11 Å². The van der Waals surface area contributed by atoms with Gasteiger partial charge >= 0.3 is 0 Å². The maximum Gasteiger partial charge on any atom is 0.238 e. The third-order valence-electron chi connectivity index (χ3n) is 2.42. The van der Waals surface area contributed by atoms with Crippen molar-refractivity contribution in [3.63, 3.8) is 0 Å². The predicted molar refractivity (Wildman–Crippen MR) is 63.0 cm³/mol. The van der Waals surface area contributed by atoms with Crippen molar-refractivity contribution in [1.82, 2.24) is 10.6 Å². The van der Waals surface area contributed by atoms with E-state index >= 15 is 0 Å². The summed E-state index contributed by atoms with van der Waals surface area (Å²) in [6.07, 6.45) is 1.58. The van der Waals surface area contributed by atoms with Gasteiger partial charge in [-0.1, -0.05) is 0 Å². The maximum absolute atomic E-state index is 11.7. The summed E-state index contributed by atoms with van der Waals surface area (Å²) >= 11 is 1.81. The fourth-order valence-corrected chi connectivity index (χ4v) is 2.48. The van der Waals surface area contributed by atoms with Gasteiger partial charge in [-0.15, -0.1) is 0 Å². The first-order valence-electron chi connectivity index (χ1n) is 5.46. The normalized spacial score (nSPS) is 23.5. The predicted octanol–water partition coefficient (Wildman–Crippen LogP) is -0.0314. The van der Waals surface area contributed by atoms with Gasteiger partial charge in [0.15, 0.2) is 0 Å². The molecule has 1 fully saturated rings. The number of rotatable bonds is 5. The Morgan fingerprint density at radius 3 is 3.13 bits per heavy atom. The molecular formula is C10H20N2O2S. The molecule has 0 radical (unpaired) electrons. The molecule has 5 heteroatoms. The molecule has 0 spiro atoms. The van der Waals surface area contributed by atoms with Gasteiger partial charge in [0.25, 0.3) is 0 Å². The highest BCUT2D eigenvalue weighted by molar-refractivity contribution is 7.99. The molecule has 88 valence electrons. The van der Waals surface area contributed by atoms with E-state index in [0.29, 0.717) is 0 Å². The van der Waals surface area contributed by atoms with Gasteiger partial charge in [-0.05, 0) is 19.8 Å². The molecule has 0 aromatic rings. The van der Waals surface area contributed by atoms with E-state index in [0.717, 1.165) is 30.9 Å². The van der Waals surface area contributed by atoms with Gasteiger partial charge in [-0.3, -0.25) is 4.79 Å². The molecule has 2 unspecified atom stereocenters. The lowest BCUT2D eigenvalue weighted by Crippen LogP contribution is -2.50. The monoisotopic (exact) mass is 232 g/mol. The lowest BCUT2D eigenvalue weighted by Gasteiger charge is -2.24. The Labute approximate surface area is 95.2 Å². The number of thioether (sulfide) groups is 1. The summed E-state index contributed by atoms with van der Waals surface area (Å²) in [5.74, 6) is 2.04. The molecule has 1 heterocycles. The van der Waals surface area contributed by atoms with E-state index in [9.17, 15) is 4.79 Å². The minimum absolute atomic E-state index is 0.0414. The van der Waals surface area contributed by atoms with E-state index in [2.05, 4.69) is 10.6 Å². The number of carbonyl (C=O) groups is 1. The van der Waals surface area contributed by atoms with Crippen LogP contribution in [-0.2, 0) is 4.79 Å². The van der Waals surface area contributed by atoms with Crippen LogP contribution < -0.4 is 10.6 Å². The molecule has 4 nitrogen and oxygen atoms in total. The molecule has 1 aliphatic rings. The highest BCUT2D eigenvalue weighted by atomic mass is 32.2. The van der Waals surface area contributed by atoms with Gasteiger partial charge in [0.2, 0.25) is 5.91 Å². The number of aliphatic hydroxyl groups is 1. The summed E-state index contributed by atoms with van der Waals surface area (Å²) in [5, 5.41) is 14.8. The average molecular weight is 232 g/mol. The van der Waals surface area contributed by atoms with Crippen LogP contribution in [0, 0.1) is 0 Å². The van der Waals surface area contributed by atoms with E-state index in [1.54, 1.807) is 0 Å². The molecule has 0 aliphatic carbocycles. The minimum Gasteiger partial charge on any atom is -0.396 e. The van der Waals surface area contributed by atoms with Crippen molar-refractivity contribution in [2.45, 2.75) is 31.8 Å². The fraction of sp³-hybridized carbons (Fsp3) is 0.900. The number of hydrogen-bond donors (Lipinski definition) is 3. The third-order valence-corrected chi connectivity index (χ3v) is 3.48. The standard InChI is InChI=1S/C10H20N2O2S/c1-8(3-2-5-13)12-10(14)9-7-15-6-4-11-9/h8-9,11,13H,2-7H2,1H3,(H,12,14). The average Bonchev–Trinajstić information content (AvgIpc) is 2.27. The first-order valence-corrected chi connectivity index (χ1v) is 6.62. The first kappa shape index (κ1) is 12.8. The van der Waals surface area contributed by atoms with Crippen molar-refractivity contribution in [2.24, 2.45) is 0 Å². The zero-order valence-corrected chi connectivity index (χ0v) is 9.98. The Balaban J connectivity index is 2.21. The van der Waals surface area contributed by atoms with Crippen LogP contribution in [0.2, 0.25) is 0 Å². The lowest BCUT2D eigenvalue weighted by molar-refractivity contribution is -0.123. The van der Waals surface area contributed by atoms with Crippen LogP contribution in [0.1, 0.15) is 19.8 Å². The number of nitrogens with one attached hydrogen (secondary N) is 2. The lowest BCUT2D eigenvalue weighted by atomic mass is 10.2. The SMILES string of the molecule is CC(CCCO)NC(=O)C1CSCCN1. The summed E-state index contributed by atoms with van der Waals surface area (Å²) in [5.41, 5.74) is 0. The molecule has 1 saturated heterocycles.